The number of rotatable bonds is 7. The molecule has 0 bridgehead atoms. The molecule has 7 heteroatoms. The van der Waals surface area contributed by atoms with Crippen LogP contribution in [0.5, 0.6) is 5.75 Å². The van der Waals surface area contributed by atoms with Gasteiger partial charge in [0.1, 0.15) is 11.4 Å². The number of halogens is 1. The van der Waals surface area contributed by atoms with Crippen LogP contribution < -0.4 is 15.4 Å². The van der Waals surface area contributed by atoms with E-state index in [2.05, 4.69) is 15.6 Å². The van der Waals surface area contributed by atoms with Crippen molar-refractivity contribution in [2.75, 3.05) is 20.2 Å². The highest BCUT2D eigenvalue weighted by molar-refractivity contribution is 14.0. The summed E-state index contributed by atoms with van der Waals surface area (Å²) in [5.41, 5.74) is 0.975. The third-order valence-corrected chi connectivity index (χ3v) is 4.37. The first-order valence-electron chi connectivity index (χ1n) is 7.96. The fourth-order valence-electron chi connectivity index (χ4n) is 2.27. The summed E-state index contributed by atoms with van der Waals surface area (Å²) in [5, 5.41) is 20.9. The molecular formula is C18H26IN3O2S. The largest absolute Gasteiger partial charge is 0.496 e. The smallest absolute Gasteiger partial charge is 0.191 e. The quantitative estimate of drug-likeness (QED) is 0.327. The third-order valence-electron chi connectivity index (χ3n) is 3.69. The maximum absolute atomic E-state index is 10.6. The summed E-state index contributed by atoms with van der Waals surface area (Å²) in [7, 11) is 1.66. The van der Waals surface area contributed by atoms with E-state index in [1.807, 2.05) is 48.0 Å². The molecule has 0 saturated heterocycles. The Labute approximate surface area is 170 Å². The first-order valence-corrected chi connectivity index (χ1v) is 8.90. The second-order valence-electron chi connectivity index (χ2n) is 5.65. The van der Waals surface area contributed by atoms with Gasteiger partial charge in [-0.25, -0.2) is 4.99 Å². The molecule has 0 aliphatic rings. The van der Waals surface area contributed by atoms with E-state index in [1.165, 1.54) is 0 Å². The van der Waals surface area contributed by atoms with Crippen LogP contribution in [0.4, 0.5) is 0 Å². The number of aliphatic imine (C=N–C) groups is 1. The fraction of sp³-hybridized carbons (Fsp3) is 0.389. The molecule has 3 N–H and O–H groups in total. The molecule has 1 aromatic carbocycles. The van der Waals surface area contributed by atoms with Gasteiger partial charge < -0.3 is 20.5 Å². The molecule has 1 aromatic heterocycles. The minimum atomic E-state index is -0.944. The molecule has 0 saturated carbocycles. The Morgan fingerprint density at radius 1 is 1.28 bits per heavy atom. The van der Waals surface area contributed by atoms with Gasteiger partial charge in [-0.15, -0.1) is 24.0 Å². The van der Waals surface area contributed by atoms with Crippen LogP contribution in [0.3, 0.4) is 0 Å². The zero-order valence-corrected chi connectivity index (χ0v) is 17.9. The van der Waals surface area contributed by atoms with Gasteiger partial charge in [0, 0.05) is 12.1 Å². The molecular weight excluding hydrogens is 449 g/mol. The Balaban J connectivity index is 0.00000312. The molecule has 0 aliphatic heterocycles. The normalized spacial score (nSPS) is 13.5. The van der Waals surface area contributed by atoms with Gasteiger partial charge in [0.25, 0.3) is 0 Å². The molecule has 1 atom stereocenters. The van der Waals surface area contributed by atoms with Crippen molar-refractivity contribution in [2.45, 2.75) is 26.0 Å². The first-order chi connectivity index (χ1) is 11.6. The molecule has 0 amide bonds. The lowest BCUT2D eigenvalue weighted by Gasteiger charge is -2.24. The van der Waals surface area contributed by atoms with Crippen molar-refractivity contribution in [3.63, 3.8) is 0 Å². The van der Waals surface area contributed by atoms with Gasteiger partial charge in [-0.3, -0.25) is 0 Å². The number of nitrogens with zero attached hydrogens (tertiary/aromatic N) is 1. The van der Waals surface area contributed by atoms with E-state index in [1.54, 1.807) is 25.4 Å². The number of methoxy groups -OCH3 is 1. The van der Waals surface area contributed by atoms with E-state index in [0.29, 0.717) is 19.0 Å². The molecule has 1 unspecified atom stereocenters. The van der Waals surface area contributed by atoms with Gasteiger partial charge in [-0.05, 0) is 42.3 Å². The van der Waals surface area contributed by atoms with Crippen LogP contribution in [0.25, 0.3) is 0 Å². The summed E-state index contributed by atoms with van der Waals surface area (Å²) >= 11 is 1.58. The number of thiophene rings is 1. The molecule has 1 heterocycles. The van der Waals surface area contributed by atoms with Crippen LogP contribution in [-0.4, -0.2) is 31.3 Å². The Morgan fingerprint density at radius 2 is 2.04 bits per heavy atom. The van der Waals surface area contributed by atoms with Crippen molar-refractivity contribution in [2.24, 2.45) is 4.99 Å². The summed E-state index contributed by atoms with van der Waals surface area (Å²) in [5.74, 6) is 1.49. The highest BCUT2D eigenvalue weighted by Crippen LogP contribution is 2.22. The Hall–Kier alpha value is -1.32. The van der Waals surface area contributed by atoms with Crippen molar-refractivity contribution >= 4 is 41.3 Å². The maximum Gasteiger partial charge on any atom is 0.191 e. The molecule has 138 valence electrons. The van der Waals surface area contributed by atoms with Gasteiger partial charge in [-0.2, -0.15) is 11.3 Å². The summed E-state index contributed by atoms with van der Waals surface area (Å²) < 4.78 is 5.35. The standard InChI is InChI=1S/C18H25N3O2S.HI/c1-4-19-17(20-11-14-7-5-6-8-16(14)23-3)21-13-18(2,22)15-9-10-24-12-15;/h5-10,12,22H,4,11,13H2,1-3H3,(H2,19,20,21);1H. The van der Waals surface area contributed by atoms with Crippen LogP contribution in [-0.2, 0) is 12.1 Å². The Morgan fingerprint density at radius 3 is 2.68 bits per heavy atom. The lowest BCUT2D eigenvalue weighted by atomic mass is 9.99. The SMILES string of the molecule is CCNC(=NCc1ccccc1OC)NCC(C)(O)c1ccsc1.I. The zero-order valence-electron chi connectivity index (χ0n) is 14.8. The lowest BCUT2D eigenvalue weighted by molar-refractivity contribution is 0.0621. The number of benzene rings is 1. The predicted molar refractivity (Wildman–Crippen MR) is 115 cm³/mol. The number of ether oxygens (including phenoxy) is 1. The predicted octanol–water partition coefficient (Wildman–Crippen LogP) is 3.34. The number of aliphatic hydroxyl groups is 1. The Bertz CT molecular complexity index is 660. The molecule has 0 aliphatic carbocycles. The van der Waals surface area contributed by atoms with Crippen LogP contribution in [0.2, 0.25) is 0 Å². The highest BCUT2D eigenvalue weighted by atomic mass is 127. The molecule has 25 heavy (non-hydrogen) atoms. The molecule has 5 nitrogen and oxygen atoms in total. The van der Waals surface area contributed by atoms with Crippen LogP contribution in [0, 0.1) is 0 Å². The van der Waals surface area contributed by atoms with Crippen molar-refractivity contribution < 1.29 is 9.84 Å². The summed E-state index contributed by atoms with van der Waals surface area (Å²) in [6.07, 6.45) is 0. The first kappa shape index (κ1) is 21.7. The summed E-state index contributed by atoms with van der Waals surface area (Å²) in [6, 6.07) is 9.76. The monoisotopic (exact) mass is 475 g/mol. The van der Waals surface area contributed by atoms with Crippen molar-refractivity contribution in [1.82, 2.24) is 10.6 Å². The lowest BCUT2D eigenvalue weighted by Crippen LogP contribution is -2.44. The minimum Gasteiger partial charge on any atom is -0.496 e. The molecule has 0 spiro atoms. The zero-order chi connectivity index (χ0) is 17.4. The molecule has 0 radical (unpaired) electrons. The van der Waals surface area contributed by atoms with Gasteiger partial charge in [-0.1, -0.05) is 18.2 Å². The van der Waals surface area contributed by atoms with Crippen LogP contribution >= 0.6 is 35.3 Å². The molecule has 2 aromatic rings. The van der Waals surface area contributed by atoms with E-state index < -0.39 is 5.60 Å². The fourth-order valence-corrected chi connectivity index (χ4v) is 3.05. The topological polar surface area (TPSA) is 65.9 Å². The van der Waals surface area contributed by atoms with E-state index >= 15 is 0 Å². The van der Waals surface area contributed by atoms with Gasteiger partial charge in [0.2, 0.25) is 0 Å². The van der Waals surface area contributed by atoms with Gasteiger partial charge in [0.15, 0.2) is 5.96 Å². The average molecular weight is 475 g/mol. The van der Waals surface area contributed by atoms with E-state index in [-0.39, 0.29) is 24.0 Å². The summed E-state index contributed by atoms with van der Waals surface area (Å²) in [4.78, 5) is 4.58. The number of hydrogen-bond donors (Lipinski definition) is 3. The Kier molecular flexibility index (Phi) is 9.23. The van der Waals surface area contributed by atoms with Gasteiger partial charge in [0.05, 0.1) is 20.2 Å². The number of para-hydroxylation sites is 1. The minimum absolute atomic E-state index is 0. The number of hydrogen-bond acceptors (Lipinski definition) is 4. The summed E-state index contributed by atoms with van der Waals surface area (Å²) in [6.45, 7) is 5.43. The van der Waals surface area contributed by atoms with Crippen LogP contribution in [0.15, 0.2) is 46.1 Å². The van der Waals surface area contributed by atoms with E-state index in [0.717, 1.165) is 23.4 Å². The molecule has 0 fully saturated rings. The second-order valence-corrected chi connectivity index (χ2v) is 6.43. The molecule has 2 rings (SSSR count). The van der Waals surface area contributed by atoms with E-state index in [4.69, 9.17) is 4.74 Å². The third kappa shape index (κ3) is 6.48. The average Bonchev–Trinajstić information content (AvgIpc) is 3.13. The maximum atomic E-state index is 10.6. The van der Waals surface area contributed by atoms with Crippen molar-refractivity contribution in [3.8, 4) is 5.75 Å². The van der Waals surface area contributed by atoms with E-state index in [9.17, 15) is 5.11 Å². The van der Waals surface area contributed by atoms with Crippen LogP contribution in [0.1, 0.15) is 25.0 Å². The number of guanidine groups is 1. The second kappa shape index (κ2) is 10.6. The number of nitrogens with one attached hydrogen (secondary N) is 2. The van der Waals surface area contributed by atoms with Gasteiger partial charge >= 0.3 is 0 Å². The van der Waals surface area contributed by atoms with Crippen molar-refractivity contribution in [1.29, 1.82) is 0 Å². The highest BCUT2D eigenvalue weighted by Gasteiger charge is 2.23. The van der Waals surface area contributed by atoms with Crippen molar-refractivity contribution in [3.05, 3.63) is 52.2 Å².